The number of nitrogens with zero attached hydrogens (tertiary/aromatic N) is 5. The van der Waals surface area contributed by atoms with Gasteiger partial charge in [0, 0.05) is 12.1 Å². The van der Waals surface area contributed by atoms with Crippen molar-refractivity contribution in [2.75, 3.05) is 17.8 Å². The van der Waals surface area contributed by atoms with Crippen molar-refractivity contribution >= 4 is 34.6 Å². The summed E-state index contributed by atoms with van der Waals surface area (Å²) in [5.74, 6) is 0.807. The van der Waals surface area contributed by atoms with Crippen LogP contribution in [0.2, 0.25) is 0 Å². The number of nitrogens with one attached hydrogen (secondary N) is 1. The molecule has 0 saturated carbocycles. The third-order valence-electron chi connectivity index (χ3n) is 6.64. The maximum absolute atomic E-state index is 12.8. The Bertz CT molecular complexity index is 1710. The number of hydrogen-bond donors (Lipinski definition) is 1. The van der Waals surface area contributed by atoms with Gasteiger partial charge in [0.1, 0.15) is 17.8 Å². The number of amides is 3. The molecule has 5 rings (SSSR count). The lowest BCUT2D eigenvalue weighted by molar-refractivity contribution is -0.274. The van der Waals surface area contributed by atoms with Crippen LogP contribution in [0.5, 0.6) is 11.5 Å². The molecule has 44 heavy (non-hydrogen) atoms. The van der Waals surface area contributed by atoms with Crippen molar-refractivity contribution in [3.05, 3.63) is 83.7 Å². The van der Waals surface area contributed by atoms with Crippen molar-refractivity contribution in [3.63, 3.8) is 0 Å². The topological polar surface area (TPSA) is 111 Å². The third kappa shape index (κ3) is 7.02. The van der Waals surface area contributed by atoms with E-state index in [4.69, 9.17) is 4.74 Å². The summed E-state index contributed by atoms with van der Waals surface area (Å²) in [6.45, 7) is 4.08. The highest BCUT2D eigenvalue weighted by atomic mass is 32.2. The molecule has 1 fully saturated rings. The van der Waals surface area contributed by atoms with Crippen molar-refractivity contribution in [2.24, 2.45) is 4.99 Å². The summed E-state index contributed by atoms with van der Waals surface area (Å²) >= 11 is 1.21. The summed E-state index contributed by atoms with van der Waals surface area (Å²) in [7, 11) is 1.59. The number of ether oxygens (including phenoxy) is 2. The second kappa shape index (κ2) is 12.8. The number of anilines is 1. The molecule has 1 aliphatic heterocycles. The van der Waals surface area contributed by atoms with E-state index < -0.39 is 12.4 Å². The van der Waals surface area contributed by atoms with Gasteiger partial charge in [0.2, 0.25) is 5.91 Å². The van der Waals surface area contributed by atoms with Gasteiger partial charge in [0.05, 0.1) is 24.2 Å². The Morgan fingerprint density at radius 3 is 2.48 bits per heavy atom. The minimum Gasteiger partial charge on any atom is -0.497 e. The zero-order valence-corrected chi connectivity index (χ0v) is 24.7. The van der Waals surface area contributed by atoms with E-state index in [0.717, 1.165) is 16.7 Å². The van der Waals surface area contributed by atoms with E-state index in [1.54, 1.807) is 31.4 Å². The number of aliphatic imine (C=N–C) groups is 1. The smallest absolute Gasteiger partial charge is 0.497 e. The Morgan fingerprint density at radius 1 is 1.09 bits per heavy atom. The van der Waals surface area contributed by atoms with Crippen LogP contribution in [-0.4, -0.2) is 51.1 Å². The molecular formula is C30H27F3N6O4S. The Hall–Kier alpha value is -4.85. The van der Waals surface area contributed by atoms with Crippen molar-refractivity contribution in [2.45, 2.75) is 33.2 Å². The zero-order chi connectivity index (χ0) is 31.4. The van der Waals surface area contributed by atoms with E-state index in [9.17, 15) is 22.8 Å². The Morgan fingerprint density at radius 2 is 1.82 bits per heavy atom. The third-order valence-corrected chi connectivity index (χ3v) is 7.56. The standard InChI is InChI=1S/C30H27F3N6O4S/c1-4-20-14-24(42-3)13-18(2)26(20)39-25(40)16-44-29(39)36-28(41)34-15-19-5-7-21(8-6-19)27-35-17-38(37-27)22-9-11-23(12-10-22)43-30(31,32)33/h5-14,17H,4,15-16H2,1-3H3,(H,34,41). The predicted molar refractivity (Wildman–Crippen MR) is 160 cm³/mol. The van der Waals surface area contributed by atoms with Crippen LogP contribution in [0, 0.1) is 6.92 Å². The van der Waals surface area contributed by atoms with Crippen molar-refractivity contribution in [1.82, 2.24) is 20.1 Å². The number of halogens is 3. The second-order valence-corrected chi connectivity index (χ2v) is 10.6. The molecule has 4 aromatic rings. The molecule has 0 radical (unpaired) electrons. The van der Waals surface area contributed by atoms with Gasteiger partial charge in [-0.2, -0.15) is 4.99 Å². The van der Waals surface area contributed by atoms with Crippen LogP contribution in [0.25, 0.3) is 17.1 Å². The second-order valence-electron chi connectivity index (χ2n) is 9.63. The van der Waals surface area contributed by atoms with Crippen molar-refractivity contribution in [3.8, 4) is 28.6 Å². The van der Waals surface area contributed by atoms with E-state index >= 15 is 0 Å². The number of rotatable bonds is 8. The van der Waals surface area contributed by atoms with Gasteiger partial charge < -0.3 is 14.8 Å². The lowest BCUT2D eigenvalue weighted by Gasteiger charge is -2.22. The number of methoxy groups -OCH3 is 1. The lowest BCUT2D eigenvalue weighted by Crippen LogP contribution is -2.32. The summed E-state index contributed by atoms with van der Waals surface area (Å²) in [5, 5.41) is 7.47. The van der Waals surface area contributed by atoms with Crippen LogP contribution in [0.15, 0.2) is 72.0 Å². The largest absolute Gasteiger partial charge is 0.573 e. The van der Waals surface area contributed by atoms with E-state index in [1.807, 2.05) is 26.0 Å². The van der Waals surface area contributed by atoms with Gasteiger partial charge in [0.25, 0.3) is 0 Å². The zero-order valence-electron chi connectivity index (χ0n) is 23.9. The number of urea groups is 1. The maximum atomic E-state index is 12.8. The SMILES string of the molecule is CCc1cc(OC)cc(C)c1N1C(=O)CSC1=NC(=O)NCc1ccc(-c2ncn(-c3ccc(OC(F)(F)F)cc3)n2)cc1. The molecule has 0 unspecified atom stereocenters. The minimum absolute atomic E-state index is 0.149. The molecule has 228 valence electrons. The quantitative estimate of drug-likeness (QED) is 0.254. The van der Waals surface area contributed by atoms with E-state index in [2.05, 4.69) is 25.1 Å². The van der Waals surface area contributed by atoms with Crippen molar-refractivity contribution in [1.29, 1.82) is 0 Å². The van der Waals surface area contributed by atoms with Crippen molar-refractivity contribution < 1.29 is 32.2 Å². The Kier molecular flexibility index (Phi) is 8.90. The number of benzene rings is 3. The Balaban J connectivity index is 1.22. The fraction of sp³-hybridized carbons (Fsp3) is 0.233. The highest BCUT2D eigenvalue weighted by Gasteiger charge is 2.33. The summed E-state index contributed by atoms with van der Waals surface area (Å²) in [4.78, 5) is 35.6. The summed E-state index contributed by atoms with van der Waals surface area (Å²) in [6.07, 6.45) is -2.65. The van der Waals surface area contributed by atoms with E-state index in [-0.39, 0.29) is 24.0 Å². The van der Waals surface area contributed by atoms with Crippen LogP contribution < -0.4 is 19.7 Å². The van der Waals surface area contributed by atoms with Crippen LogP contribution in [0.4, 0.5) is 23.7 Å². The van der Waals surface area contributed by atoms with Crippen LogP contribution >= 0.6 is 11.8 Å². The number of aromatic nitrogens is 3. The molecule has 1 aromatic heterocycles. The Labute approximate surface area is 254 Å². The molecule has 1 saturated heterocycles. The number of carbonyl (C=O) groups is 2. The minimum atomic E-state index is -4.77. The van der Waals surface area contributed by atoms with Gasteiger partial charge in [-0.25, -0.2) is 14.5 Å². The number of aryl methyl sites for hydroxylation is 2. The van der Waals surface area contributed by atoms with Crippen LogP contribution in [0.3, 0.4) is 0 Å². The van der Waals surface area contributed by atoms with Gasteiger partial charge in [-0.05, 0) is 66.4 Å². The first-order valence-electron chi connectivity index (χ1n) is 13.4. The summed E-state index contributed by atoms with van der Waals surface area (Å²) in [6, 6.07) is 15.6. The van der Waals surface area contributed by atoms with E-state index in [1.165, 1.54) is 51.9 Å². The molecule has 2 heterocycles. The molecule has 14 heteroatoms. The molecule has 3 amide bonds. The molecule has 10 nitrogen and oxygen atoms in total. The average Bonchev–Trinajstić information content (AvgIpc) is 3.62. The van der Waals surface area contributed by atoms with Crippen LogP contribution in [-0.2, 0) is 17.8 Å². The predicted octanol–water partition coefficient (Wildman–Crippen LogP) is 6.06. The van der Waals surface area contributed by atoms with Gasteiger partial charge in [-0.3, -0.25) is 9.69 Å². The number of hydrogen-bond acceptors (Lipinski definition) is 7. The number of thioether (sulfide) groups is 1. The van der Waals surface area contributed by atoms with Crippen LogP contribution in [0.1, 0.15) is 23.6 Å². The fourth-order valence-corrected chi connectivity index (χ4v) is 5.44. The molecular weight excluding hydrogens is 597 g/mol. The molecule has 1 aliphatic rings. The average molecular weight is 625 g/mol. The van der Waals surface area contributed by atoms with Gasteiger partial charge in [-0.1, -0.05) is 43.0 Å². The molecule has 0 atom stereocenters. The van der Waals surface area contributed by atoms with E-state index in [0.29, 0.717) is 40.1 Å². The molecule has 0 spiro atoms. The van der Waals surface area contributed by atoms with Gasteiger partial charge in [-0.15, -0.1) is 18.3 Å². The molecule has 3 aromatic carbocycles. The number of alkyl halides is 3. The molecule has 0 bridgehead atoms. The highest BCUT2D eigenvalue weighted by Crippen LogP contribution is 2.35. The fourth-order valence-electron chi connectivity index (χ4n) is 4.58. The molecule has 0 aliphatic carbocycles. The normalized spacial score (nSPS) is 14.3. The summed E-state index contributed by atoms with van der Waals surface area (Å²) in [5.41, 5.74) is 4.49. The monoisotopic (exact) mass is 624 g/mol. The molecule has 1 N–H and O–H groups in total. The first kappa shape index (κ1) is 30.6. The van der Waals surface area contributed by atoms with Gasteiger partial charge in [0.15, 0.2) is 11.0 Å². The summed E-state index contributed by atoms with van der Waals surface area (Å²) < 4.78 is 47.9. The number of carbonyl (C=O) groups excluding carboxylic acids is 2. The first-order valence-corrected chi connectivity index (χ1v) is 14.4. The lowest BCUT2D eigenvalue weighted by atomic mass is 10.0. The highest BCUT2D eigenvalue weighted by molar-refractivity contribution is 8.15. The number of amidine groups is 1. The first-order chi connectivity index (χ1) is 21.0. The van der Waals surface area contributed by atoms with Gasteiger partial charge >= 0.3 is 12.4 Å². The maximum Gasteiger partial charge on any atom is 0.573 e.